The number of hydrogen-bond donors (Lipinski definition) is 0. The lowest BCUT2D eigenvalue weighted by atomic mass is 9.78. The summed E-state index contributed by atoms with van der Waals surface area (Å²) < 4.78 is 7.12. The van der Waals surface area contributed by atoms with Crippen molar-refractivity contribution in [3.8, 4) is 11.6 Å². The SMILES string of the molecule is Cc1c(-c2nc(C(C)(C)C3=CCCCC3)no2)nnn1C. The Kier molecular flexibility index (Phi) is 3.39. The lowest BCUT2D eigenvalue weighted by molar-refractivity contribution is 0.401. The van der Waals surface area contributed by atoms with Crippen molar-refractivity contribution >= 4 is 0 Å². The fourth-order valence-corrected chi connectivity index (χ4v) is 2.72. The fraction of sp³-hybridized carbons (Fsp3) is 0.600. The molecule has 0 unspecified atom stereocenters. The summed E-state index contributed by atoms with van der Waals surface area (Å²) in [5, 5.41) is 12.3. The van der Waals surface area contributed by atoms with E-state index < -0.39 is 0 Å². The summed E-state index contributed by atoms with van der Waals surface area (Å²) in [7, 11) is 1.85. The number of aryl methyl sites for hydroxylation is 1. The van der Waals surface area contributed by atoms with Crippen molar-refractivity contribution in [2.24, 2.45) is 7.05 Å². The highest BCUT2D eigenvalue weighted by atomic mass is 16.5. The first-order valence-electron chi connectivity index (χ1n) is 7.40. The minimum absolute atomic E-state index is 0.196. The monoisotopic (exact) mass is 287 g/mol. The van der Waals surface area contributed by atoms with Gasteiger partial charge < -0.3 is 4.52 Å². The molecule has 0 spiro atoms. The van der Waals surface area contributed by atoms with Gasteiger partial charge >= 0.3 is 0 Å². The Labute approximate surface area is 124 Å². The molecule has 2 heterocycles. The lowest BCUT2D eigenvalue weighted by Gasteiger charge is -2.27. The number of allylic oxidation sites excluding steroid dienone is 2. The summed E-state index contributed by atoms with van der Waals surface area (Å²) >= 11 is 0. The summed E-state index contributed by atoms with van der Waals surface area (Å²) in [5.41, 5.74) is 2.78. The molecule has 2 aromatic heterocycles. The molecule has 0 N–H and O–H groups in total. The van der Waals surface area contributed by atoms with Crippen molar-refractivity contribution in [2.45, 2.75) is 51.9 Å². The van der Waals surface area contributed by atoms with Crippen molar-refractivity contribution in [2.75, 3.05) is 0 Å². The van der Waals surface area contributed by atoms with E-state index in [-0.39, 0.29) is 5.41 Å². The van der Waals surface area contributed by atoms with Crippen LogP contribution in [0.25, 0.3) is 11.6 Å². The molecular weight excluding hydrogens is 266 g/mol. The summed E-state index contributed by atoms with van der Waals surface area (Å²) in [6.45, 7) is 6.25. The standard InChI is InChI=1S/C15H21N5O/c1-10-12(17-19-20(10)4)13-16-14(18-21-13)15(2,3)11-8-6-5-7-9-11/h8H,5-7,9H2,1-4H3. The Bertz CT molecular complexity index is 680. The van der Waals surface area contributed by atoms with Gasteiger partial charge in [-0.3, -0.25) is 4.68 Å². The average Bonchev–Trinajstić information content (AvgIpc) is 3.09. The predicted octanol–water partition coefficient (Wildman–Crippen LogP) is 2.95. The first kappa shape index (κ1) is 14.0. The van der Waals surface area contributed by atoms with E-state index in [4.69, 9.17) is 4.52 Å². The molecule has 6 nitrogen and oxygen atoms in total. The van der Waals surface area contributed by atoms with Gasteiger partial charge in [0.15, 0.2) is 11.5 Å². The summed E-state index contributed by atoms with van der Waals surface area (Å²) in [4.78, 5) is 4.57. The minimum atomic E-state index is -0.196. The van der Waals surface area contributed by atoms with Gasteiger partial charge in [0, 0.05) is 12.5 Å². The second-order valence-corrected chi connectivity index (χ2v) is 6.17. The van der Waals surface area contributed by atoms with Crippen LogP contribution in [0, 0.1) is 6.92 Å². The normalized spacial score (nSPS) is 16.1. The summed E-state index contributed by atoms with van der Waals surface area (Å²) in [5.74, 6) is 1.16. The highest BCUT2D eigenvalue weighted by Crippen LogP contribution is 2.36. The highest BCUT2D eigenvalue weighted by molar-refractivity contribution is 5.49. The van der Waals surface area contributed by atoms with Gasteiger partial charge in [0.1, 0.15) is 0 Å². The highest BCUT2D eigenvalue weighted by Gasteiger charge is 2.32. The Hall–Kier alpha value is -1.98. The Morgan fingerprint density at radius 3 is 2.71 bits per heavy atom. The zero-order valence-electron chi connectivity index (χ0n) is 13.1. The topological polar surface area (TPSA) is 69.6 Å². The maximum Gasteiger partial charge on any atom is 0.280 e. The van der Waals surface area contributed by atoms with Crippen LogP contribution in [0.15, 0.2) is 16.2 Å². The third-order valence-corrected chi connectivity index (χ3v) is 4.39. The van der Waals surface area contributed by atoms with Gasteiger partial charge in [-0.05, 0) is 46.5 Å². The Morgan fingerprint density at radius 1 is 1.29 bits per heavy atom. The molecular formula is C15H21N5O. The number of nitrogens with zero attached hydrogens (tertiary/aromatic N) is 5. The quantitative estimate of drug-likeness (QED) is 0.812. The third-order valence-electron chi connectivity index (χ3n) is 4.39. The van der Waals surface area contributed by atoms with E-state index in [9.17, 15) is 0 Å². The molecule has 6 heteroatoms. The van der Waals surface area contributed by atoms with Crippen LogP contribution in [0.2, 0.25) is 0 Å². The van der Waals surface area contributed by atoms with Crippen LogP contribution in [0.3, 0.4) is 0 Å². The largest absolute Gasteiger partial charge is 0.332 e. The van der Waals surface area contributed by atoms with Gasteiger partial charge in [-0.25, -0.2) is 0 Å². The molecule has 0 radical (unpaired) electrons. The smallest absolute Gasteiger partial charge is 0.280 e. The van der Waals surface area contributed by atoms with Crippen molar-refractivity contribution in [3.05, 3.63) is 23.2 Å². The molecule has 1 aliphatic carbocycles. The predicted molar refractivity (Wildman–Crippen MR) is 78.6 cm³/mol. The number of rotatable bonds is 3. The van der Waals surface area contributed by atoms with E-state index in [0.717, 1.165) is 24.4 Å². The molecule has 21 heavy (non-hydrogen) atoms. The van der Waals surface area contributed by atoms with Gasteiger partial charge in [-0.1, -0.05) is 22.0 Å². The molecule has 0 saturated heterocycles. The Morgan fingerprint density at radius 2 is 2.10 bits per heavy atom. The van der Waals surface area contributed by atoms with Crippen molar-refractivity contribution in [3.63, 3.8) is 0 Å². The minimum Gasteiger partial charge on any atom is -0.332 e. The third kappa shape index (κ3) is 2.39. The molecule has 0 bridgehead atoms. The van der Waals surface area contributed by atoms with Crippen LogP contribution in [0.4, 0.5) is 0 Å². The van der Waals surface area contributed by atoms with Crippen molar-refractivity contribution in [1.82, 2.24) is 25.1 Å². The van der Waals surface area contributed by atoms with E-state index >= 15 is 0 Å². The second kappa shape index (κ2) is 5.09. The van der Waals surface area contributed by atoms with Crippen LogP contribution >= 0.6 is 0 Å². The van der Waals surface area contributed by atoms with E-state index in [1.807, 2.05) is 14.0 Å². The molecule has 0 aromatic carbocycles. The first-order chi connectivity index (χ1) is 10.00. The van der Waals surface area contributed by atoms with Gasteiger partial charge in [0.05, 0.1) is 5.69 Å². The fourth-order valence-electron chi connectivity index (χ4n) is 2.72. The lowest BCUT2D eigenvalue weighted by Crippen LogP contribution is -2.23. The van der Waals surface area contributed by atoms with Crippen LogP contribution in [-0.2, 0) is 12.5 Å². The molecule has 0 aliphatic heterocycles. The molecule has 0 saturated carbocycles. The average molecular weight is 287 g/mol. The molecule has 2 aromatic rings. The van der Waals surface area contributed by atoms with Crippen molar-refractivity contribution < 1.29 is 4.52 Å². The van der Waals surface area contributed by atoms with E-state index in [0.29, 0.717) is 11.6 Å². The zero-order chi connectivity index (χ0) is 15.0. The van der Waals surface area contributed by atoms with Gasteiger partial charge in [-0.2, -0.15) is 4.98 Å². The zero-order valence-corrected chi connectivity index (χ0v) is 13.1. The number of aromatic nitrogens is 5. The summed E-state index contributed by atoms with van der Waals surface area (Å²) in [6, 6.07) is 0. The van der Waals surface area contributed by atoms with E-state index in [1.54, 1.807) is 4.68 Å². The van der Waals surface area contributed by atoms with E-state index in [2.05, 4.69) is 40.4 Å². The molecule has 112 valence electrons. The van der Waals surface area contributed by atoms with Crippen LogP contribution in [0.5, 0.6) is 0 Å². The molecule has 3 rings (SSSR count). The van der Waals surface area contributed by atoms with Gasteiger partial charge in [0.25, 0.3) is 5.89 Å². The molecule has 0 fully saturated rings. The van der Waals surface area contributed by atoms with Gasteiger partial charge in [0.2, 0.25) is 0 Å². The molecule has 0 amide bonds. The summed E-state index contributed by atoms with van der Waals surface area (Å²) in [6.07, 6.45) is 7.10. The van der Waals surface area contributed by atoms with Gasteiger partial charge in [-0.15, -0.1) is 5.10 Å². The maximum atomic E-state index is 5.42. The second-order valence-electron chi connectivity index (χ2n) is 6.17. The van der Waals surface area contributed by atoms with Crippen LogP contribution in [0.1, 0.15) is 51.0 Å². The van der Waals surface area contributed by atoms with Crippen LogP contribution < -0.4 is 0 Å². The Balaban J connectivity index is 1.94. The van der Waals surface area contributed by atoms with Crippen molar-refractivity contribution in [1.29, 1.82) is 0 Å². The van der Waals surface area contributed by atoms with E-state index in [1.165, 1.54) is 18.4 Å². The molecule has 1 aliphatic rings. The maximum absolute atomic E-state index is 5.42. The van der Waals surface area contributed by atoms with Crippen LogP contribution in [-0.4, -0.2) is 25.1 Å². The first-order valence-corrected chi connectivity index (χ1v) is 7.40. The molecule has 0 atom stereocenters. The number of hydrogen-bond acceptors (Lipinski definition) is 5.